The lowest BCUT2D eigenvalue weighted by Crippen LogP contribution is -2.26. The molecule has 0 N–H and O–H groups in total. The van der Waals surface area contributed by atoms with Crippen LogP contribution >= 0.6 is 11.8 Å². The zero-order chi connectivity index (χ0) is 10.5. The number of ether oxygens (including phenoxy) is 1. The quantitative estimate of drug-likeness (QED) is 0.724. The first-order valence-corrected chi connectivity index (χ1v) is 6.97. The molecule has 15 heavy (non-hydrogen) atoms. The SMILES string of the molecule is N#CC1CCCCC1SC1CCOCC1. The molecule has 2 unspecified atom stereocenters. The third kappa shape index (κ3) is 3.12. The van der Waals surface area contributed by atoms with Crippen molar-refractivity contribution in [1.82, 2.24) is 0 Å². The van der Waals surface area contributed by atoms with E-state index < -0.39 is 0 Å². The van der Waals surface area contributed by atoms with Crippen LogP contribution in [-0.4, -0.2) is 23.7 Å². The summed E-state index contributed by atoms with van der Waals surface area (Å²) in [7, 11) is 0. The molecule has 2 fully saturated rings. The van der Waals surface area contributed by atoms with Crippen molar-refractivity contribution in [2.45, 2.75) is 49.0 Å². The first-order valence-electron chi connectivity index (χ1n) is 6.03. The number of rotatable bonds is 2. The topological polar surface area (TPSA) is 33.0 Å². The van der Waals surface area contributed by atoms with Gasteiger partial charge in [0.15, 0.2) is 0 Å². The minimum Gasteiger partial charge on any atom is -0.381 e. The minimum absolute atomic E-state index is 0.312. The smallest absolute Gasteiger partial charge is 0.0667 e. The van der Waals surface area contributed by atoms with Crippen molar-refractivity contribution in [3.63, 3.8) is 0 Å². The summed E-state index contributed by atoms with van der Waals surface area (Å²) in [5, 5.41) is 10.5. The van der Waals surface area contributed by atoms with Crippen LogP contribution in [0, 0.1) is 17.2 Å². The van der Waals surface area contributed by atoms with Crippen molar-refractivity contribution in [3.8, 4) is 6.07 Å². The van der Waals surface area contributed by atoms with E-state index in [-0.39, 0.29) is 0 Å². The lowest BCUT2D eigenvalue weighted by atomic mass is 9.90. The largest absolute Gasteiger partial charge is 0.381 e. The lowest BCUT2D eigenvalue weighted by Gasteiger charge is -2.31. The fraction of sp³-hybridized carbons (Fsp3) is 0.917. The summed E-state index contributed by atoms with van der Waals surface area (Å²) in [4.78, 5) is 0. The van der Waals surface area contributed by atoms with Crippen molar-refractivity contribution in [1.29, 1.82) is 5.26 Å². The van der Waals surface area contributed by atoms with Gasteiger partial charge in [-0.25, -0.2) is 0 Å². The van der Waals surface area contributed by atoms with E-state index in [4.69, 9.17) is 10.00 Å². The second-order valence-electron chi connectivity index (χ2n) is 4.51. The molecule has 1 heterocycles. The Bertz CT molecular complexity index is 232. The monoisotopic (exact) mass is 225 g/mol. The summed E-state index contributed by atoms with van der Waals surface area (Å²) < 4.78 is 5.36. The van der Waals surface area contributed by atoms with Crippen molar-refractivity contribution in [3.05, 3.63) is 0 Å². The number of hydrogen-bond acceptors (Lipinski definition) is 3. The van der Waals surface area contributed by atoms with Gasteiger partial charge in [-0.15, -0.1) is 0 Å². The Morgan fingerprint density at radius 2 is 1.80 bits per heavy atom. The summed E-state index contributed by atoms with van der Waals surface area (Å²) in [6.45, 7) is 1.84. The summed E-state index contributed by atoms with van der Waals surface area (Å²) in [5.41, 5.74) is 0. The van der Waals surface area contributed by atoms with Crippen LogP contribution in [0.15, 0.2) is 0 Å². The average Bonchev–Trinajstić information content (AvgIpc) is 2.31. The molecular formula is C12H19NOS. The number of hydrogen-bond donors (Lipinski definition) is 0. The van der Waals surface area contributed by atoms with E-state index in [0.717, 1.165) is 24.9 Å². The molecule has 0 amide bonds. The van der Waals surface area contributed by atoms with Gasteiger partial charge in [-0.1, -0.05) is 12.8 Å². The highest BCUT2D eigenvalue weighted by molar-refractivity contribution is 8.00. The zero-order valence-corrected chi connectivity index (χ0v) is 9.97. The van der Waals surface area contributed by atoms with Gasteiger partial charge in [-0.05, 0) is 25.7 Å². The molecule has 1 aliphatic carbocycles. The summed E-state index contributed by atoms with van der Waals surface area (Å²) in [5.74, 6) is 0.312. The van der Waals surface area contributed by atoms with E-state index in [0.29, 0.717) is 11.2 Å². The van der Waals surface area contributed by atoms with E-state index in [1.165, 1.54) is 32.1 Å². The second-order valence-corrected chi connectivity index (χ2v) is 6.05. The molecule has 0 spiro atoms. The predicted octanol–water partition coefficient (Wildman–Crippen LogP) is 2.98. The Morgan fingerprint density at radius 3 is 2.53 bits per heavy atom. The van der Waals surface area contributed by atoms with Gasteiger partial charge >= 0.3 is 0 Å². The Balaban J connectivity index is 1.83. The fourth-order valence-electron chi connectivity index (χ4n) is 2.47. The van der Waals surface area contributed by atoms with E-state index in [2.05, 4.69) is 17.8 Å². The van der Waals surface area contributed by atoms with Gasteiger partial charge in [0, 0.05) is 23.7 Å². The molecule has 0 radical (unpaired) electrons. The van der Waals surface area contributed by atoms with Gasteiger partial charge in [0.25, 0.3) is 0 Å². The Morgan fingerprint density at radius 1 is 1.07 bits per heavy atom. The molecule has 0 aromatic heterocycles. The zero-order valence-electron chi connectivity index (χ0n) is 9.15. The highest BCUT2D eigenvalue weighted by atomic mass is 32.2. The molecule has 84 valence electrons. The van der Waals surface area contributed by atoms with Crippen molar-refractivity contribution >= 4 is 11.8 Å². The number of nitrogens with zero attached hydrogens (tertiary/aromatic N) is 1. The summed E-state index contributed by atoms with van der Waals surface area (Å²) in [6.07, 6.45) is 7.30. The van der Waals surface area contributed by atoms with Gasteiger partial charge in [0.2, 0.25) is 0 Å². The summed E-state index contributed by atoms with van der Waals surface area (Å²) in [6, 6.07) is 2.49. The molecule has 2 atom stereocenters. The van der Waals surface area contributed by atoms with Crippen molar-refractivity contribution in [2.24, 2.45) is 5.92 Å². The second kappa shape index (κ2) is 5.77. The maximum absolute atomic E-state index is 9.10. The molecule has 2 aliphatic rings. The van der Waals surface area contributed by atoms with E-state index in [1.807, 2.05) is 0 Å². The third-order valence-corrected chi connectivity index (χ3v) is 5.17. The minimum atomic E-state index is 0.312. The maximum Gasteiger partial charge on any atom is 0.0667 e. The van der Waals surface area contributed by atoms with Gasteiger partial charge < -0.3 is 4.74 Å². The standard InChI is InChI=1S/C12H19NOS/c13-9-10-3-1-2-4-12(10)15-11-5-7-14-8-6-11/h10-12H,1-8H2. The van der Waals surface area contributed by atoms with Crippen LogP contribution in [0.5, 0.6) is 0 Å². The summed E-state index contributed by atoms with van der Waals surface area (Å²) >= 11 is 2.07. The molecule has 1 aliphatic heterocycles. The van der Waals surface area contributed by atoms with Gasteiger partial charge in [-0.2, -0.15) is 17.0 Å². The number of thioether (sulfide) groups is 1. The van der Waals surface area contributed by atoms with Gasteiger partial charge in [0.05, 0.1) is 12.0 Å². The highest BCUT2D eigenvalue weighted by Crippen LogP contribution is 2.37. The van der Waals surface area contributed by atoms with Crippen LogP contribution in [0.1, 0.15) is 38.5 Å². The molecule has 0 bridgehead atoms. The predicted molar refractivity (Wildman–Crippen MR) is 62.8 cm³/mol. The number of nitriles is 1. The Labute approximate surface area is 96.4 Å². The van der Waals surface area contributed by atoms with Gasteiger partial charge in [-0.3, -0.25) is 0 Å². The molecule has 0 aromatic carbocycles. The van der Waals surface area contributed by atoms with E-state index in [9.17, 15) is 0 Å². The van der Waals surface area contributed by atoms with Crippen molar-refractivity contribution < 1.29 is 4.74 Å². The molecular weight excluding hydrogens is 206 g/mol. The maximum atomic E-state index is 9.10. The molecule has 1 saturated carbocycles. The molecule has 1 saturated heterocycles. The van der Waals surface area contributed by atoms with E-state index in [1.54, 1.807) is 0 Å². The lowest BCUT2D eigenvalue weighted by molar-refractivity contribution is 0.0998. The van der Waals surface area contributed by atoms with Crippen LogP contribution in [0.25, 0.3) is 0 Å². The van der Waals surface area contributed by atoms with E-state index >= 15 is 0 Å². The Hall–Kier alpha value is -0.200. The first-order chi connectivity index (χ1) is 7.40. The average molecular weight is 225 g/mol. The molecule has 2 nitrogen and oxygen atoms in total. The van der Waals surface area contributed by atoms with Crippen molar-refractivity contribution in [2.75, 3.05) is 13.2 Å². The fourth-order valence-corrected chi connectivity index (χ4v) is 4.12. The van der Waals surface area contributed by atoms with Crippen LogP contribution in [0.4, 0.5) is 0 Å². The van der Waals surface area contributed by atoms with Gasteiger partial charge in [0.1, 0.15) is 0 Å². The molecule has 0 aromatic rings. The van der Waals surface area contributed by atoms with Crippen LogP contribution in [-0.2, 0) is 4.74 Å². The third-order valence-electron chi connectivity index (χ3n) is 3.40. The highest BCUT2D eigenvalue weighted by Gasteiger charge is 2.28. The Kier molecular flexibility index (Phi) is 4.34. The molecule has 2 rings (SSSR count). The van der Waals surface area contributed by atoms with Crippen LogP contribution in [0.3, 0.4) is 0 Å². The van der Waals surface area contributed by atoms with Crippen LogP contribution in [0.2, 0.25) is 0 Å². The molecule has 3 heteroatoms. The normalized spacial score (nSPS) is 33.5. The first kappa shape index (κ1) is 11.3. The van der Waals surface area contributed by atoms with Crippen LogP contribution < -0.4 is 0 Å².